The van der Waals surface area contributed by atoms with Gasteiger partial charge in [0.1, 0.15) is 11.6 Å². The second-order valence-corrected chi connectivity index (χ2v) is 3.28. The summed E-state index contributed by atoms with van der Waals surface area (Å²) in [5, 5.41) is 0. The third-order valence-electron chi connectivity index (χ3n) is 2.25. The minimum atomic E-state index is -0.591. The van der Waals surface area contributed by atoms with Gasteiger partial charge in [-0.2, -0.15) is 0 Å². The van der Waals surface area contributed by atoms with Crippen molar-refractivity contribution in [2.45, 2.75) is 18.4 Å². The Morgan fingerprint density at radius 2 is 1.85 bits per heavy atom. The second kappa shape index (κ2) is 3.24. The number of benzene rings is 1. The molecule has 4 heteroatoms. The van der Waals surface area contributed by atoms with Crippen molar-refractivity contribution in [1.29, 1.82) is 0 Å². The molecule has 0 heterocycles. The highest BCUT2D eigenvalue weighted by Crippen LogP contribution is 2.43. The third kappa shape index (κ3) is 1.81. The fraction of sp³-hybridized carbons (Fsp3) is 0.333. The average molecular weight is 206 g/mol. The first kappa shape index (κ1) is 10.4. The largest absolute Gasteiger partial charge is 0.321 e. The van der Waals surface area contributed by atoms with Crippen molar-refractivity contribution < 1.29 is 8.78 Å². The smallest absolute Gasteiger partial charge is 0.128 e. The van der Waals surface area contributed by atoms with Gasteiger partial charge in [0.25, 0.3) is 0 Å². The summed E-state index contributed by atoms with van der Waals surface area (Å²) in [7, 11) is 0. The first-order chi connectivity index (χ1) is 5.62. The second-order valence-electron chi connectivity index (χ2n) is 3.28. The van der Waals surface area contributed by atoms with Crippen molar-refractivity contribution >= 4 is 12.4 Å². The molecule has 0 bridgehead atoms. The van der Waals surface area contributed by atoms with Gasteiger partial charge in [-0.05, 0) is 31.0 Å². The van der Waals surface area contributed by atoms with E-state index in [0.717, 1.165) is 25.0 Å². The van der Waals surface area contributed by atoms with Gasteiger partial charge in [-0.3, -0.25) is 0 Å². The van der Waals surface area contributed by atoms with E-state index in [1.54, 1.807) is 0 Å². The van der Waals surface area contributed by atoms with Crippen LogP contribution < -0.4 is 5.73 Å². The van der Waals surface area contributed by atoms with Gasteiger partial charge in [-0.15, -0.1) is 12.4 Å². The molecule has 0 saturated heterocycles. The maximum atomic E-state index is 13.1. The lowest BCUT2D eigenvalue weighted by Crippen LogP contribution is -2.20. The topological polar surface area (TPSA) is 26.0 Å². The minimum absolute atomic E-state index is 0. The molecule has 72 valence electrons. The number of rotatable bonds is 1. The lowest BCUT2D eigenvalue weighted by molar-refractivity contribution is 0.558. The molecule has 13 heavy (non-hydrogen) atoms. The van der Waals surface area contributed by atoms with E-state index in [1.165, 1.54) is 6.07 Å². The maximum absolute atomic E-state index is 13.1. The van der Waals surface area contributed by atoms with Crippen molar-refractivity contribution in [3.8, 4) is 0 Å². The SMILES string of the molecule is Cl.NC1(c2cc(F)ccc2F)CC1. The van der Waals surface area contributed by atoms with E-state index in [-0.39, 0.29) is 12.4 Å². The maximum Gasteiger partial charge on any atom is 0.128 e. The van der Waals surface area contributed by atoms with E-state index < -0.39 is 17.2 Å². The summed E-state index contributed by atoms with van der Waals surface area (Å²) in [5.74, 6) is -0.834. The molecule has 0 unspecified atom stereocenters. The lowest BCUT2D eigenvalue weighted by atomic mass is 10.1. The van der Waals surface area contributed by atoms with E-state index in [9.17, 15) is 8.78 Å². The van der Waals surface area contributed by atoms with Crippen molar-refractivity contribution in [2.75, 3.05) is 0 Å². The summed E-state index contributed by atoms with van der Waals surface area (Å²) < 4.78 is 25.7. The Morgan fingerprint density at radius 1 is 1.23 bits per heavy atom. The quantitative estimate of drug-likeness (QED) is 0.748. The highest BCUT2D eigenvalue weighted by Gasteiger charge is 2.42. The van der Waals surface area contributed by atoms with Crippen LogP contribution in [0.25, 0.3) is 0 Å². The lowest BCUT2D eigenvalue weighted by Gasteiger charge is -2.09. The van der Waals surface area contributed by atoms with Crippen LogP contribution in [-0.2, 0) is 5.54 Å². The molecule has 2 rings (SSSR count). The van der Waals surface area contributed by atoms with E-state index in [0.29, 0.717) is 5.56 Å². The zero-order valence-corrected chi connectivity index (χ0v) is 7.70. The molecule has 0 aliphatic heterocycles. The van der Waals surface area contributed by atoms with Gasteiger partial charge < -0.3 is 5.73 Å². The van der Waals surface area contributed by atoms with Crippen LogP contribution in [0.3, 0.4) is 0 Å². The predicted octanol–water partition coefficient (Wildman–Crippen LogP) is 2.33. The Kier molecular flexibility index (Phi) is 2.59. The normalized spacial score (nSPS) is 17.8. The molecular formula is C9H10ClF2N. The summed E-state index contributed by atoms with van der Waals surface area (Å²) >= 11 is 0. The first-order valence-electron chi connectivity index (χ1n) is 3.86. The van der Waals surface area contributed by atoms with Crippen LogP contribution in [0.15, 0.2) is 18.2 Å². The van der Waals surface area contributed by atoms with Gasteiger partial charge in [-0.25, -0.2) is 8.78 Å². The molecule has 1 aromatic rings. The van der Waals surface area contributed by atoms with Gasteiger partial charge in [-0.1, -0.05) is 0 Å². The average Bonchev–Trinajstić information content (AvgIpc) is 2.75. The molecule has 2 N–H and O–H groups in total. The van der Waals surface area contributed by atoms with Crippen LogP contribution in [0.5, 0.6) is 0 Å². The van der Waals surface area contributed by atoms with Gasteiger partial charge in [0.05, 0.1) is 0 Å². The molecule has 1 saturated carbocycles. The number of hydrogen-bond acceptors (Lipinski definition) is 1. The molecule has 1 fully saturated rings. The van der Waals surface area contributed by atoms with Gasteiger partial charge in [0.15, 0.2) is 0 Å². The monoisotopic (exact) mass is 205 g/mol. The van der Waals surface area contributed by atoms with E-state index in [2.05, 4.69) is 0 Å². The predicted molar refractivity (Wildman–Crippen MR) is 48.7 cm³/mol. The van der Waals surface area contributed by atoms with E-state index in [4.69, 9.17) is 5.73 Å². The van der Waals surface area contributed by atoms with Crippen molar-refractivity contribution in [3.63, 3.8) is 0 Å². The van der Waals surface area contributed by atoms with E-state index >= 15 is 0 Å². The molecule has 1 aromatic carbocycles. The number of nitrogens with two attached hydrogens (primary N) is 1. The fourth-order valence-corrected chi connectivity index (χ4v) is 1.28. The minimum Gasteiger partial charge on any atom is -0.321 e. The fourth-order valence-electron chi connectivity index (χ4n) is 1.28. The molecule has 0 amide bonds. The first-order valence-corrected chi connectivity index (χ1v) is 3.86. The third-order valence-corrected chi connectivity index (χ3v) is 2.25. The van der Waals surface area contributed by atoms with Crippen molar-refractivity contribution in [3.05, 3.63) is 35.4 Å². The van der Waals surface area contributed by atoms with Crippen LogP contribution >= 0.6 is 12.4 Å². The zero-order chi connectivity index (χ0) is 8.77. The van der Waals surface area contributed by atoms with E-state index in [1.807, 2.05) is 0 Å². The Balaban J connectivity index is 0.000000845. The van der Waals surface area contributed by atoms with Gasteiger partial charge in [0, 0.05) is 11.1 Å². The van der Waals surface area contributed by atoms with Crippen LogP contribution in [0.4, 0.5) is 8.78 Å². The molecule has 1 aliphatic carbocycles. The Hall–Kier alpha value is -0.670. The number of halogens is 3. The summed E-state index contributed by atoms with van der Waals surface area (Å²) in [4.78, 5) is 0. The summed E-state index contributed by atoms with van der Waals surface area (Å²) in [6, 6.07) is 3.41. The van der Waals surface area contributed by atoms with Crippen LogP contribution in [0.1, 0.15) is 18.4 Å². The summed E-state index contributed by atoms with van der Waals surface area (Å²) in [6.45, 7) is 0. The molecule has 1 nitrogen and oxygen atoms in total. The van der Waals surface area contributed by atoms with Gasteiger partial charge >= 0.3 is 0 Å². The zero-order valence-electron chi connectivity index (χ0n) is 6.89. The molecule has 0 atom stereocenters. The highest BCUT2D eigenvalue weighted by molar-refractivity contribution is 5.85. The molecule has 1 aliphatic rings. The Bertz CT molecular complexity index is 323. The molecule has 0 aromatic heterocycles. The molecule has 0 spiro atoms. The standard InChI is InChI=1S/C9H9F2N.ClH/c10-6-1-2-8(11)7(5-6)9(12)3-4-9;/h1-2,5H,3-4,12H2;1H. The van der Waals surface area contributed by atoms with Crippen LogP contribution in [-0.4, -0.2) is 0 Å². The molecular weight excluding hydrogens is 196 g/mol. The van der Waals surface area contributed by atoms with Crippen molar-refractivity contribution in [2.24, 2.45) is 5.73 Å². The molecule has 0 radical (unpaired) electrons. The van der Waals surface area contributed by atoms with Gasteiger partial charge in [0.2, 0.25) is 0 Å². The Morgan fingerprint density at radius 3 is 2.38 bits per heavy atom. The van der Waals surface area contributed by atoms with Crippen molar-refractivity contribution in [1.82, 2.24) is 0 Å². The van der Waals surface area contributed by atoms with Crippen LogP contribution in [0.2, 0.25) is 0 Å². The summed E-state index contributed by atoms with van der Waals surface area (Å²) in [5.41, 5.74) is 5.45. The van der Waals surface area contributed by atoms with Crippen LogP contribution in [0, 0.1) is 11.6 Å². The highest BCUT2D eigenvalue weighted by atomic mass is 35.5. The Labute approximate surface area is 81.3 Å². The summed E-state index contributed by atoms with van der Waals surface area (Å²) in [6.07, 6.45) is 1.49. The number of hydrogen-bond donors (Lipinski definition) is 1.